The van der Waals surface area contributed by atoms with Gasteiger partial charge in [0.1, 0.15) is 23.5 Å². The van der Waals surface area contributed by atoms with Gasteiger partial charge in [0.25, 0.3) is 5.92 Å². The minimum absolute atomic E-state index is 0.0696. The summed E-state index contributed by atoms with van der Waals surface area (Å²) in [5, 5.41) is 8.90. The van der Waals surface area contributed by atoms with E-state index in [0.717, 1.165) is 47.4 Å². The topological polar surface area (TPSA) is 163 Å². The lowest BCUT2D eigenvalue weighted by Gasteiger charge is -2.44. The van der Waals surface area contributed by atoms with E-state index in [1.165, 1.54) is 14.2 Å². The number of alkyl carbamates (subject to hydrolysis) is 2. The number of amides is 4. The lowest BCUT2D eigenvalue weighted by Crippen LogP contribution is -2.56. The number of alkyl halides is 2. The quantitative estimate of drug-likeness (QED) is 0.189. The number of likely N-dealkylation sites (tertiary alicyclic amines) is 2. The number of amidine groups is 1. The predicted molar refractivity (Wildman–Crippen MR) is 242 cm³/mol. The highest BCUT2D eigenvalue weighted by Gasteiger charge is 2.49. The van der Waals surface area contributed by atoms with Gasteiger partial charge in [-0.1, -0.05) is 64.1 Å². The van der Waals surface area contributed by atoms with E-state index in [2.05, 4.69) is 16.0 Å². The van der Waals surface area contributed by atoms with Crippen LogP contribution in [0.2, 0.25) is 0 Å². The lowest BCUT2D eigenvalue weighted by atomic mass is 9.84. The molecule has 65 heavy (non-hydrogen) atoms. The molecule has 9 rings (SSSR count). The number of hydrogen-bond donors (Lipinski definition) is 3. The van der Waals surface area contributed by atoms with Crippen LogP contribution in [0.5, 0.6) is 0 Å². The zero-order valence-corrected chi connectivity index (χ0v) is 37.5. The van der Waals surface area contributed by atoms with Crippen molar-refractivity contribution in [1.29, 1.82) is 0 Å². The number of ether oxygens (including phenoxy) is 3. The van der Waals surface area contributed by atoms with Crippen LogP contribution in [0, 0.1) is 11.8 Å². The van der Waals surface area contributed by atoms with Crippen molar-refractivity contribution in [3.05, 3.63) is 83.1 Å². The molecule has 3 aromatic rings. The second-order valence-corrected chi connectivity index (χ2v) is 18.5. The van der Waals surface area contributed by atoms with E-state index in [1.54, 1.807) is 40.3 Å². The van der Waals surface area contributed by atoms with Crippen molar-refractivity contribution < 1.29 is 42.2 Å². The maximum absolute atomic E-state index is 16.7. The minimum Gasteiger partial charge on any atom is -0.453 e. The van der Waals surface area contributed by atoms with Crippen LogP contribution in [0.3, 0.4) is 0 Å². The number of nitrogens with zero attached hydrogens (tertiary/aromatic N) is 4. The Bertz CT molecular complexity index is 2550. The highest BCUT2D eigenvalue weighted by Crippen LogP contribution is 2.53. The van der Waals surface area contributed by atoms with Gasteiger partial charge in [-0.15, -0.1) is 0 Å². The van der Waals surface area contributed by atoms with E-state index < -0.39 is 35.7 Å². The van der Waals surface area contributed by atoms with Crippen molar-refractivity contribution in [2.75, 3.05) is 45.8 Å². The first kappa shape index (κ1) is 44.1. The Labute approximate surface area is 376 Å². The third-order valence-electron chi connectivity index (χ3n) is 13.8. The number of aliphatic imine (C=N–C) groups is 2. The third-order valence-corrected chi connectivity index (χ3v) is 13.8. The number of allylic oxidation sites excluding steroid dienone is 1. The average Bonchev–Trinajstić information content (AvgIpc) is 4.12. The fraction of sp³-hybridized carbons (Fsp3) is 0.469. The summed E-state index contributed by atoms with van der Waals surface area (Å²) < 4.78 is 48.7. The Morgan fingerprint density at radius 2 is 1.29 bits per heavy atom. The number of anilines is 1. The van der Waals surface area contributed by atoms with Gasteiger partial charge in [0.15, 0.2) is 0 Å². The van der Waals surface area contributed by atoms with Crippen molar-refractivity contribution in [2.24, 2.45) is 21.8 Å². The molecular weight excluding hydrogens is 837 g/mol. The number of hydrogen-bond acceptors (Lipinski definition) is 10. The number of carbonyl (C=O) groups is 4. The predicted octanol–water partition coefficient (Wildman–Crippen LogP) is 7.45. The Hall–Kier alpha value is -6.16. The van der Waals surface area contributed by atoms with E-state index >= 15 is 8.78 Å². The number of nitrogens with one attached hydrogen (secondary N) is 3. The van der Waals surface area contributed by atoms with Gasteiger partial charge in [0, 0.05) is 53.8 Å². The first-order chi connectivity index (χ1) is 31.1. The van der Waals surface area contributed by atoms with Gasteiger partial charge >= 0.3 is 12.2 Å². The maximum Gasteiger partial charge on any atom is 0.407 e. The molecule has 3 aromatic carbocycles. The molecule has 342 valence electrons. The van der Waals surface area contributed by atoms with Gasteiger partial charge in [-0.3, -0.25) is 19.6 Å². The molecule has 3 N–H and O–H groups in total. The normalized spacial score (nSPS) is 21.9. The number of rotatable bonds is 10. The number of benzene rings is 3. The fourth-order valence-corrected chi connectivity index (χ4v) is 10.2. The van der Waals surface area contributed by atoms with Gasteiger partial charge in [0.2, 0.25) is 11.8 Å². The molecule has 0 aromatic heterocycles. The number of carbonyl (C=O) groups excluding carboxylic acids is 4. The Morgan fingerprint density at radius 3 is 1.86 bits per heavy atom. The van der Waals surface area contributed by atoms with Crippen molar-refractivity contribution in [3.8, 4) is 22.3 Å². The van der Waals surface area contributed by atoms with Crippen LogP contribution in [0.1, 0.15) is 82.1 Å². The zero-order chi connectivity index (χ0) is 45.9. The highest BCUT2D eigenvalue weighted by atomic mass is 19.3. The van der Waals surface area contributed by atoms with Crippen LogP contribution in [0.15, 0.2) is 70.8 Å². The minimum atomic E-state index is -3.28. The number of fused-ring (bicyclic) bond motifs is 5. The molecule has 3 fully saturated rings. The smallest absolute Gasteiger partial charge is 0.407 e. The molecule has 16 heteroatoms. The van der Waals surface area contributed by atoms with Crippen molar-refractivity contribution in [3.63, 3.8) is 0 Å². The first-order valence-corrected chi connectivity index (χ1v) is 22.5. The zero-order valence-electron chi connectivity index (χ0n) is 37.5. The SMILES string of the molecule is COC(=O)N[C@H](C(=O)N1CCC[C@H]1C1=NC=C(c2ccc3c(c2)C(F)(F)c2cc(-c4ccc5c(c4)NC([C@@H]4CCCN4C(=O)[C@@H](NC(=O)OC)C(C)C)=NC54COC4)ccc2-3)C1)C(C)C. The molecular formula is C49H55F2N7O7. The van der Waals surface area contributed by atoms with Crippen LogP contribution >= 0.6 is 0 Å². The fourth-order valence-electron chi connectivity index (χ4n) is 10.2. The van der Waals surface area contributed by atoms with E-state index in [0.29, 0.717) is 67.2 Å². The Kier molecular flexibility index (Phi) is 11.5. The van der Waals surface area contributed by atoms with E-state index in [9.17, 15) is 19.2 Å². The molecule has 0 bridgehead atoms. The van der Waals surface area contributed by atoms with Crippen LogP contribution in [-0.4, -0.2) is 110 Å². The average molecular weight is 892 g/mol. The van der Waals surface area contributed by atoms with Crippen molar-refractivity contribution in [1.82, 2.24) is 20.4 Å². The molecule has 1 spiro atoms. The number of halogens is 2. The first-order valence-electron chi connectivity index (χ1n) is 22.5. The summed E-state index contributed by atoms with van der Waals surface area (Å²) >= 11 is 0. The molecule has 5 heterocycles. The summed E-state index contributed by atoms with van der Waals surface area (Å²) in [7, 11) is 2.53. The molecule has 14 nitrogen and oxygen atoms in total. The van der Waals surface area contributed by atoms with Crippen LogP contribution in [0.4, 0.5) is 24.1 Å². The molecule has 6 aliphatic rings. The van der Waals surface area contributed by atoms with Crippen LogP contribution in [0.25, 0.3) is 27.8 Å². The van der Waals surface area contributed by atoms with Crippen molar-refractivity contribution in [2.45, 2.75) is 95.4 Å². The van der Waals surface area contributed by atoms with Crippen molar-refractivity contribution >= 4 is 46.8 Å². The summed E-state index contributed by atoms with van der Waals surface area (Å²) in [5.74, 6) is -3.40. The van der Waals surface area contributed by atoms with Crippen LogP contribution in [-0.2, 0) is 35.3 Å². The lowest BCUT2D eigenvalue weighted by molar-refractivity contribution is -0.135. The summed E-state index contributed by atoms with van der Waals surface area (Å²) in [6, 6.07) is 14.1. The largest absolute Gasteiger partial charge is 0.453 e. The Balaban J connectivity index is 0.930. The van der Waals surface area contributed by atoms with Gasteiger partial charge < -0.3 is 40.0 Å². The molecule has 1 aliphatic carbocycles. The molecule has 4 atom stereocenters. The third kappa shape index (κ3) is 7.72. The molecule has 4 amide bonds. The molecule has 0 unspecified atom stereocenters. The van der Waals surface area contributed by atoms with Gasteiger partial charge in [0.05, 0.1) is 39.5 Å². The highest BCUT2D eigenvalue weighted by molar-refractivity contribution is 6.06. The summed E-state index contributed by atoms with van der Waals surface area (Å²) in [4.78, 5) is 65.3. The summed E-state index contributed by atoms with van der Waals surface area (Å²) in [5.41, 5.74) is 5.47. The van der Waals surface area contributed by atoms with Gasteiger partial charge in [-0.05, 0) is 89.1 Å². The summed E-state index contributed by atoms with van der Waals surface area (Å²) in [6.07, 6.45) is 3.73. The molecule has 0 saturated carbocycles. The maximum atomic E-state index is 16.7. The van der Waals surface area contributed by atoms with Gasteiger partial charge in [-0.2, -0.15) is 8.78 Å². The van der Waals surface area contributed by atoms with Crippen LogP contribution < -0.4 is 16.0 Å². The Morgan fingerprint density at radius 1 is 0.754 bits per heavy atom. The molecule has 5 aliphatic heterocycles. The van der Waals surface area contributed by atoms with E-state index in [1.807, 2.05) is 58.0 Å². The number of methoxy groups -OCH3 is 2. The second-order valence-electron chi connectivity index (χ2n) is 18.5. The molecule has 0 radical (unpaired) electrons. The van der Waals surface area contributed by atoms with Gasteiger partial charge in [-0.25, -0.2) is 9.59 Å². The van der Waals surface area contributed by atoms with E-state index in [-0.39, 0.29) is 46.9 Å². The van der Waals surface area contributed by atoms with E-state index in [4.69, 9.17) is 24.2 Å². The second kappa shape index (κ2) is 17.0. The summed E-state index contributed by atoms with van der Waals surface area (Å²) in [6.45, 7) is 9.25. The monoisotopic (exact) mass is 891 g/mol. The standard InChI is InChI=1S/C49H55F2N7O7/c1-26(2)41(54-46(61)63-5)44(59)57-17-7-9-39(57)38-22-31(23-52-38)29-12-15-33-32-14-11-28(19-35(32)49(50,51)36(33)20-29)30-13-16-34-37(21-30)53-43(56-48(34)24-65-25-48)40-10-8-18-58(40)45(60)42(27(3)4)55-47(62)64-6/h11-16,19-21,23,26-27,39-42H,7-10,17-18,22,24-25H2,1-6H3,(H,53,56)(H,54,61)(H,55,62)/t39-,40-,41-,42-/m0/s1. The molecule has 3 saturated heterocycles.